The summed E-state index contributed by atoms with van der Waals surface area (Å²) in [5, 5.41) is 20.0. The lowest BCUT2D eigenvalue weighted by Gasteiger charge is -2.36. The van der Waals surface area contributed by atoms with E-state index in [9.17, 15) is 9.90 Å². The van der Waals surface area contributed by atoms with Crippen molar-refractivity contribution in [2.45, 2.75) is 45.8 Å². The number of aromatic hydroxyl groups is 1. The van der Waals surface area contributed by atoms with Gasteiger partial charge in [-0.05, 0) is 61.6 Å². The van der Waals surface area contributed by atoms with E-state index < -0.39 is 5.91 Å². The molecule has 1 aliphatic rings. The number of amides is 1. The predicted octanol–water partition coefficient (Wildman–Crippen LogP) is 6.23. The average molecular weight is 498 g/mol. The number of nitrogens with zero attached hydrogens (tertiary/aromatic N) is 5. The van der Waals surface area contributed by atoms with E-state index in [1.54, 1.807) is 6.20 Å². The Morgan fingerprint density at radius 2 is 1.97 bits per heavy atom. The molecule has 1 unspecified atom stereocenters. The van der Waals surface area contributed by atoms with Gasteiger partial charge in [-0.3, -0.25) is 19.2 Å². The largest absolute Gasteiger partial charge is 0.493 e. The molecule has 37 heavy (non-hydrogen) atoms. The van der Waals surface area contributed by atoms with Gasteiger partial charge in [0.15, 0.2) is 12.3 Å². The summed E-state index contributed by atoms with van der Waals surface area (Å²) in [6, 6.07) is 17.6. The quantitative estimate of drug-likeness (QED) is 0.306. The maximum Gasteiger partial charge on any atom is 0.302 e. The Bertz CT molecular complexity index is 1430. The van der Waals surface area contributed by atoms with E-state index in [1.807, 2.05) is 73.1 Å². The number of carbonyl (C=O) groups excluding carboxylic acids is 1. The molecule has 0 spiro atoms. The molecule has 8 nitrogen and oxygen atoms in total. The zero-order valence-corrected chi connectivity index (χ0v) is 21.2. The molecule has 190 valence electrons. The Morgan fingerprint density at radius 3 is 2.81 bits per heavy atom. The summed E-state index contributed by atoms with van der Waals surface area (Å²) < 4.78 is 7.51. The van der Waals surface area contributed by atoms with E-state index in [1.165, 1.54) is 5.56 Å². The molecular weight excluding hydrogens is 466 g/mol. The van der Waals surface area contributed by atoms with E-state index in [0.29, 0.717) is 12.4 Å². The van der Waals surface area contributed by atoms with Crippen molar-refractivity contribution in [2.75, 3.05) is 13.2 Å². The topological polar surface area (TPSA) is 92.3 Å². The molecule has 1 N–H and O–H groups in total. The van der Waals surface area contributed by atoms with Crippen LogP contribution in [0.5, 0.6) is 11.6 Å². The second-order valence-corrected chi connectivity index (χ2v) is 9.45. The fourth-order valence-corrected chi connectivity index (χ4v) is 4.96. The first-order chi connectivity index (χ1) is 18.0. The highest BCUT2D eigenvalue weighted by Crippen LogP contribution is 2.40. The first kappa shape index (κ1) is 24.6. The summed E-state index contributed by atoms with van der Waals surface area (Å²) in [5.74, 6) is 0.112. The Labute approximate surface area is 216 Å². The third-order valence-electron chi connectivity index (χ3n) is 7.09. The van der Waals surface area contributed by atoms with Gasteiger partial charge in [0.25, 0.3) is 0 Å². The van der Waals surface area contributed by atoms with Gasteiger partial charge < -0.3 is 9.84 Å². The number of pyridine rings is 1. The lowest BCUT2D eigenvalue weighted by atomic mass is 9.97. The van der Waals surface area contributed by atoms with Crippen molar-refractivity contribution in [2.24, 2.45) is 10.2 Å². The molecule has 0 bridgehead atoms. The molecule has 0 aliphatic carbocycles. The van der Waals surface area contributed by atoms with E-state index in [-0.39, 0.29) is 24.2 Å². The standard InChI is InChI=1S/C29H31N5O3/c1-20-9-7-14-26(21(20)2)37-18-27(35)31-32-28-23-11-3-4-13-25(23)34(29(28)36)19-33-16-6-5-12-24(33)22-10-8-15-30-17-22/h3-4,7-11,13-15,17,24,36H,5-6,12,16,18-19H2,1-2H3. The average Bonchev–Trinajstić information content (AvgIpc) is 3.19. The minimum atomic E-state index is -0.523. The number of para-hydroxylation sites is 1. The molecule has 1 aliphatic heterocycles. The fraction of sp³-hybridized carbons (Fsp3) is 0.310. The van der Waals surface area contributed by atoms with Crippen molar-refractivity contribution in [1.29, 1.82) is 0 Å². The third-order valence-corrected chi connectivity index (χ3v) is 7.09. The van der Waals surface area contributed by atoms with Crippen molar-refractivity contribution >= 4 is 22.5 Å². The number of carbonyl (C=O) groups is 1. The Balaban J connectivity index is 1.37. The molecule has 5 rings (SSSR count). The SMILES string of the molecule is Cc1cccc(OCC(=O)N=Nc2c(O)n(CN3CCCCC3c3cccnc3)c3ccccc23)c1C. The van der Waals surface area contributed by atoms with Crippen LogP contribution < -0.4 is 4.74 Å². The zero-order chi connectivity index (χ0) is 25.8. The highest BCUT2D eigenvalue weighted by atomic mass is 16.5. The minimum Gasteiger partial charge on any atom is -0.493 e. The second-order valence-electron chi connectivity index (χ2n) is 9.45. The maximum atomic E-state index is 12.5. The normalized spacial score (nSPS) is 16.4. The van der Waals surface area contributed by atoms with Crippen LogP contribution in [0.15, 0.2) is 77.2 Å². The molecule has 4 aromatic rings. The molecule has 1 saturated heterocycles. The monoisotopic (exact) mass is 497 g/mol. The Hall–Kier alpha value is -4.04. The highest BCUT2D eigenvalue weighted by molar-refractivity contribution is 5.95. The van der Waals surface area contributed by atoms with Gasteiger partial charge in [-0.1, -0.05) is 42.8 Å². The second kappa shape index (κ2) is 10.9. The minimum absolute atomic E-state index is 0.0105. The summed E-state index contributed by atoms with van der Waals surface area (Å²) in [6.45, 7) is 5.12. The van der Waals surface area contributed by atoms with Crippen LogP contribution in [-0.4, -0.2) is 38.6 Å². The number of fused-ring (bicyclic) bond motifs is 1. The van der Waals surface area contributed by atoms with Crippen molar-refractivity contribution in [3.8, 4) is 11.6 Å². The van der Waals surface area contributed by atoms with E-state index in [4.69, 9.17) is 4.74 Å². The van der Waals surface area contributed by atoms with Crippen molar-refractivity contribution < 1.29 is 14.6 Å². The van der Waals surface area contributed by atoms with Gasteiger partial charge in [0.2, 0.25) is 5.88 Å². The molecule has 1 fully saturated rings. The maximum absolute atomic E-state index is 12.5. The molecule has 2 aromatic heterocycles. The van der Waals surface area contributed by atoms with Crippen LogP contribution >= 0.6 is 0 Å². The summed E-state index contributed by atoms with van der Waals surface area (Å²) in [6.07, 6.45) is 6.99. The van der Waals surface area contributed by atoms with Gasteiger partial charge in [0.1, 0.15) is 5.75 Å². The Kier molecular flexibility index (Phi) is 7.28. The van der Waals surface area contributed by atoms with Crippen LogP contribution in [-0.2, 0) is 11.5 Å². The van der Waals surface area contributed by atoms with Crippen LogP contribution in [0.3, 0.4) is 0 Å². The molecule has 0 radical (unpaired) electrons. The smallest absolute Gasteiger partial charge is 0.302 e. The van der Waals surface area contributed by atoms with E-state index in [0.717, 1.165) is 47.8 Å². The molecule has 8 heteroatoms. The van der Waals surface area contributed by atoms with Crippen LogP contribution in [0, 0.1) is 13.8 Å². The number of benzene rings is 2. The van der Waals surface area contributed by atoms with Crippen molar-refractivity contribution in [1.82, 2.24) is 14.5 Å². The number of likely N-dealkylation sites (tertiary alicyclic amines) is 1. The molecular formula is C29H31N5O3. The number of aryl methyl sites for hydroxylation is 1. The molecule has 2 aromatic carbocycles. The summed E-state index contributed by atoms with van der Waals surface area (Å²) in [7, 11) is 0. The van der Waals surface area contributed by atoms with Crippen LogP contribution in [0.4, 0.5) is 5.69 Å². The molecule has 3 heterocycles. The van der Waals surface area contributed by atoms with E-state index in [2.05, 4.69) is 26.2 Å². The number of hydrogen-bond donors (Lipinski definition) is 1. The van der Waals surface area contributed by atoms with Gasteiger partial charge in [0, 0.05) is 30.4 Å². The van der Waals surface area contributed by atoms with Gasteiger partial charge in [-0.2, -0.15) is 0 Å². The summed E-state index contributed by atoms with van der Waals surface area (Å²) in [4.78, 5) is 19.1. The third kappa shape index (κ3) is 5.24. The van der Waals surface area contributed by atoms with Crippen LogP contribution in [0.2, 0.25) is 0 Å². The fourth-order valence-electron chi connectivity index (χ4n) is 4.96. The van der Waals surface area contributed by atoms with Crippen LogP contribution in [0.25, 0.3) is 10.9 Å². The van der Waals surface area contributed by atoms with E-state index >= 15 is 0 Å². The number of rotatable bonds is 7. The summed E-state index contributed by atoms with van der Waals surface area (Å²) >= 11 is 0. The first-order valence-electron chi connectivity index (χ1n) is 12.6. The molecule has 1 amide bonds. The zero-order valence-electron chi connectivity index (χ0n) is 21.2. The van der Waals surface area contributed by atoms with Gasteiger partial charge in [-0.15, -0.1) is 10.2 Å². The highest BCUT2D eigenvalue weighted by Gasteiger charge is 2.26. The lowest BCUT2D eigenvalue weighted by Crippen LogP contribution is -2.34. The van der Waals surface area contributed by atoms with Gasteiger partial charge >= 0.3 is 5.91 Å². The Morgan fingerprint density at radius 1 is 1.11 bits per heavy atom. The molecule has 0 saturated carbocycles. The number of ether oxygens (including phenoxy) is 1. The predicted molar refractivity (Wildman–Crippen MR) is 142 cm³/mol. The lowest BCUT2D eigenvalue weighted by molar-refractivity contribution is -0.120. The van der Waals surface area contributed by atoms with Crippen molar-refractivity contribution in [3.05, 3.63) is 83.7 Å². The summed E-state index contributed by atoms with van der Waals surface area (Å²) in [5.41, 5.74) is 4.36. The first-order valence-corrected chi connectivity index (χ1v) is 12.6. The molecule has 1 atom stereocenters. The number of azo groups is 1. The number of piperidine rings is 1. The van der Waals surface area contributed by atoms with Crippen LogP contribution in [0.1, 0.15) is 42.0 Å². The van der Waals surface area contributed by atoms with Gasteiger partial charge in [0.05, 0.1) is 12.2 Å². The van der Waals surface area contributed by atoms with Crippen molar-refractivity contribution in [3.63, 3.8) is 0 Å². The number of aromatic nitrogens is 2. The number of hydrogen-bond acceptors (Lipinski definition) is 6. The van der Waals surface area contributed by atoms with Gasteiger partial charge in [-0.25, -0.2) is 0 Å².